The quantitative estimate of drug-likeness (QED) is 0.642. The highest BCUT2D eigenvalue weighted by molar-refractivity contribution is 8.02. The first-order chi connectivity index (χ1) is 15.0. The fourth-order valence-electron chi connectivity index (χ4n) is 4.04. The largest absolute Gasteiger partial charge is 0.353 e. The van der Waals surface area contributed by atoms with E-state index >= 15 is 0 Å². The van der Waals surface area contributed by atoms with Crippen molar-refractivity contribution in [2.45, 2.75) is 54.7 Å². The summed E-state index contributed by atoms with van der Waals surface area (Å²) in [6.45, 7) is 7.09. The van der Waals surface area contributed by atoms with Gasteiger partial charge in [0.15, 0.2) is 0 Å². The number of rotatable bonds is 6. The maximum Gasteiger partial charge on any atom is 0.248 e. The van der Waals surface area contributed by atoms with Crippen LogP contribution in [0.25, 0.3) is 0 Å². The molecular formula is C24H29ClN2O3S2. The molecule has 0 spiro atoms. The van der Waals surface area contributed by atoms with Gasteiger partial charge in [-0.2, -0.15) is 4.31 Å². The molecule has 2 aliphatic rings. The zero-order chi connectivity index (χ0) is 23.1. The van der Waals surface area contributed by atoms with Crippen LogP contribution in [0.3, 0.4) is 0 Å². The van der Waals surface area contributed by atoms with Crippen molar-refractivity contribution in [2.24, 2.45) is 0 Å². The lowest BCUT2D eigenvalue weighted by molar-refractivity contribution is -0.122. The van der Waals surface area contributed by atoms with Gasteiger partial charge < -0.3 is 5.32 Å². The van der Waals surface area contributed by atoms with Crippen LogP contribution >= 0.6 is 23.4 Å². The third kappa shape index (κ3) is 4.72. The van der Waals surface area contributed by atoms with E-state index in [1.807, 2.05) is 36.4 Å². The number of benzene rings is 2. The molecule has 32 heavy (non-hydrogen) atoms. The molecule has 2 fully saturated rings. The summed E-state index contributed by atoms with van der Waals surface area (Å²) in [4.78, 5) is 13.2. The number of carbonyl (C=O) groups excluding carboxylic acids is 1. The fourth-order valence-corrected chi connectivity index (χ4v) is 7.26. The van der Waals surface area contributed by atoms with Crippen molar-refractivity contribution in [3.05, 3.63) is 64.7 Å². The second-order valence-electron chi connectivity index (χ2n) is 9.62. The van der Waals surface area contributed by atoms with Gasteiger partial charge in [0.25, 0.3) is 0 Å². The predicted octanol–water partition coefficient (Wildman–Crippen LogP) is 4.55. The minimum absolute atomic E-state index is 0.0585. The number of nitrogens with zero attached hydrogens (tertiary/aromatic N) is 1. The van der Waals surface area contributed by atoms with Gasteiger partial charge in [0.2, 0.25) is 15.9 Å². The molecule has 5 nitrogen and oxygen atoms in total. The zero-order valence-corrected chi connectivity index (χ0v) is 21.0. The molecule has 1 atom stereocenters. The third-order valence-corrected chi connectivity index (χ3v) is 9.78. The monoisotopic (exact) mass is 492 g/mol. The zero-order valence-electron chi connectivity index (χ0n) is 18.6. The van der Waals surface area contributed by atoms with Gasteiger partial charge in [0.05, 0.1) is 4.90 Å². The molecule has 0 aromatic heterocycles. The summed E-state index contributed by atoms with van der Waals surface area (Å²) in [5.74, 6) is 0.349. The van der Waals surface area contributed by atoms with Crippen molar-refractivity contribution in [2.75, 3.05) is 18.8 Å². The lowest BCUT2D eigenvalue weighted by Crippen LogP contribution is -2.46. The topological polar surface area (TPSA) is 66.5 Å². The number of sulfonamides is 1. The summed E-state index contributed by atoms with van der Waals surface area (Å²) in [6, 6.07) is 14.7. The second-order valence-corrected chi connectivity index (χ2v) is 13.1. The average Bonchev–Trinajstić information content (AvgIpc) is 3.37. The van der Waals surface area contributed by atoms with E-state index in [1.54, 1.807) is 12.1 Å². The van der Waals surface area contributed by atoms with Crippen LogP contribution in [0.4, 0.5) is 0 Å². The average molecular weight is 493 g/mol. The third-order valence-electron chi connectivity index (χ3n) is 6.31. The van der Waals surface area contributed by atoms with Crippen LogP contribution in [0.1, 0.15) is 44.7 Å². The Morgan fingerprint density at radius 2 is 1.75 bits per heavy atom. The number of amides is 1. The van der Waals surface area contributed by atoms with Crippen LogP contribution in [0.15, 0.2) is 53.4 Å². The molecule has 172 valence electrons. The molecule has 2 aromatic carbocycles. The van der Waals surface area contributed by atoms with Crippen LogP contribution in [-0.4, -0.2) is 42.8 Å². The van der Waals surface area contributed by atoms with E-state index in [1.165, 1.54) is 16.1 Å². The van der Waals surface area contributed by atoms with Crippen LogP contribution in [0.5, 0.6) is 0 Å². The van der Waals surface area contributed by atoms with Crippen molar-refractivity contribution in [1.82, 2.24) is 9.62 Å². The van der Waals surface area contributed by atoms with E-state index in [0.717, 1.165) is 24.0 Å². The first kappa shape index (κ1) is 23.6. The van der Waals surface area contributed by atoms with Crippen LogP contribution in [0.2, 0.25) is 5.02 Å². The van der Waals surface area contributed by atoms with E-state index in [0.29, 0.717) is 23.9 Å². The van der Waals surface area contributed by atoms with Crippen molar-refractivity contribution >= 4 is 39.3 Å². The standard InChI is InChI=1S/C24H29ClN2O3S2/c1-23(2,3)17-6-10-20(11-7-17)32(29,30)27-14-15-31-22(27)21(28)26-16-24(12-13-24)18-4-8-19(25)9-5-18/h4-11,22H,12-16H2,1-3H3,(H,26,28). The fraction of sp³-hybridized carbons (Fsp3) is 0.458. The van der Waals surface area contributed by atoms with Gasteiger partial charge >= 0.3 is 0 Å². The SMILES string of the molecule is CC(C)(C)c1ccc(S(=O)(=O)N2CCSC2C(=O)NCC2(c3ccc(Cl)cc3)CC2)cc1. The Morgan fingerprint density at radius 3 is 2.31 bits per heavy atom. The summed E-state index contributed by atoms with van der Waals surface area (Å²) < 4.78 is 27.9. The highest BCUT2D eigenvalue weighted by Crippen LogP contribution is 2.48. The van der Waals surface area contributed by atoms with Crippen molar-refractivity contribution in [1.29, 1.82) is 0 Å². The molecule has 1 saturated heterocycles. The maximum atomic E-state index is 13.3. The molecule has 1 N–H and O–H groups in total. The van der Waals surface area contributed by atoms with E-state index in [4.69, 9.17) is 11.6 Å². The van der Waals surface area contributed by atoms with Gasteiger partial charge in [-0.05, 0) is 53.6 Å². The summed E-state index contributed by atoms with van der Waals surface area (Å²) in [7, 11) is -3.75. The summed E-state index contributed by atoms with van der Waals surface area (Å²) in [6.07, 6.45) is 1.99. The van der Waals surface area contributed by atoms with E-state index in [-0.39, 0.29) is 21.6 Å². The van der Waals surface area contributed by atoms with E-state index < -0.39 is 15.4 Å². The number of carbonyl (C=O) groups is 1. The number of hydrogen-bond acceptors (Lipinski definition) is 4. The van der Waals surface area contributed by atoms with Crippen LogP contribution < -0.4 is 5.32 Å². The van der Waals surface area contributed by atoms with Gasteiger partial charge in [-0.1, -0.05) is 56.6 Å². The molecule has 4 rings (SSSR count). The normalized spacial score (nSPS) is 20.8. The van der Waals surface area contributed by atoms with Crippen LogP contribution in [0, 0.1) is 0 Å². The molecule has 8 heteroatoms. The summed E-state index contributed by atoms with van der Waals surface area (Å²) in [5, 5.41) is 2.96. The highest BCUT2D eigenvalue weighted by atomic mass is 35.5. The lowest BCUT2D eigenvalue weighted by atomic mass is 9.87. The van der Waals surface area contributed by atoms with Gasteiger partial charge in [0, 0.05) is 29.3 Å². The Labute approximate surface area is 200 Å². The molecule has 1 amide bonds. The molecular weight excluding hydrogens is 464 g/mol. The molecule has 1 saturated carbocycles. The molecule has 1 aliphatic heterocycles. The smallest absolute Gasteiger partial charge is 0.248 e. The maximum absolute atomic E-state index is 13.3. The van der Waals surface area contributed by atoms with Gasteiger partial charge in [-0.3, -0.25) is 4.79 Å². The van der Waals surface area contributed by atoms with Crippen molar-refractivity contribution in [3.8, 4) is 0 Å². The second kappa shape index (κ2) is 8.67. The van der Waals surface area contributed by atoms with Crippen molar-refractivity contribution < 1.29 is 13.2 Å². The molecule has 0 radical (unpaired) electrons. The minimum Gasteiger partial charge on any atom is -0.353 e. The molecule has 1 heterocycles. The first-order valence-electron chi connectivity index (χ1n) is 10.8. The molecule has 2 aromatic rings. The molecule has 0 bridgehead atoms. The summed E-state index contributed by atoms with van der Waals surface area (Å²) in [5.41, 5.74) is 2.09. The Balaban J connectivity index is 1.46. The number of thioether (sulfide) groups is 1. The van der Waals surface area contributed by atoms with Gasteiger partial charge in [-0.25, -0.2) is 8.42 Å². The van der Waals surface area contributed by atoms with E-state index in [2.05, 4.69) is 26.1 Å². The Kier molecular flexibility index (Phi) is 6.40. The summed E-state index contributed by atoms with van der Waals surface area (Å²) >= 11 is 7.37. The van der Waals surface area contributed by atoms with Gasteiger partial charge in [0.1, 0.15) is 5.37 Å². The Hall–Kier alpha value is -1.54. The van der Waals surface area contributed by atoms with Crippen molar-refractivity contribution in [3.63, 3.8) is 0 Å². The number of hydrogen-bond donors (Lipinski definition) is 1. The lowest BCUT2D eigenvalue weighted by Gasteiger charge is -2.25. The number of halogens is 1. The first-order valence-corrected chi connectivity index (χ1v) is 13.7. The molecule has 1 aliphatic carbocycles. The highest BCUT2D eigenvalue weighted by Gasteiger charge is 2.46. The van der Waals surface area contributed by atoms with Gasteiger partial charge in [-0.15, -0.1) is 11.8 Å². The van der Waals surface area contributed by atoms with Crippen LogP contribution in [-0.2, 0) is 25.6 Å². The molecule has 1 unspecified atom stereocenters. The Bertz CT molecular complexity index is 1090. The number of nitrogens with one attached hydrogen (secondary N) is 1. The minimum atomic E-state index is -3.75. The Morgan fingerprint density at radius 1 is 1.12 bits per heavy atom. The van der Waals surface area contributed by atoms with E-state index in [9.17, 15) is 13.2 Å². The predicted molar refractivity (Wildman–Crippen MR) is 131 cm³/mol.